The maximum absolute atomic E-state index is 12.3. The van der Waals surface area contributed by atoms with E-state index >= 15 is 0 Å². The van der Waals surface area contributed by atoms with Gasteiger partial charge in [-0.2, -0.15) is 0 Å². The predicted molar refractivity (Wildman–Crippen MR) is 104 cm³/mol. The number of piperazine rings is 1. The molecule has 0 bridgehead atoms. The second-order valence-electron chi connectivity index (χ2n) is 6.79. The molecule has 9 nitrogen and oxygen atoms in total. The molecule has 146 valence electrons. The van der Waals surface area contributed by atoms with E-state index in [0.29, 0.717) is 43.9 Å². The van der Waals surface area contributed by atoms with E-state index in [2.05, 4.69) is 25.2 Å². The number of rotatable bonds is 5. The topological polar surface area (TPSA) is 89.3 Å². The molecule has 0 N–H and O–H groups in total. The molecule has 0 radical (unpaired) electrons. The lowest BCUT2D eigenvalue weighted by Crippen LogP contribution is -2.51. The first-order chi connectivity index (χ1) is 13.7. The molecular weight excluding hydrogens is 358 g/mol. The van der Waals surface area contributed by atoms with Gasteiger partial charge in [0.2, 0.25) is 0 Å². The van der Waals surface area contributed by atoms with E-state index in [-0.39, 0.29) is 5.91 Å². The molecule has 0 spiro atoms. The lowest BCUT2D eigenvalue weighted by molar-refractivity contribution is -0.141. The first-order valence-corrected chi connectivity index (χ1v) is 9.32. The lowest BCUT2D eigenvalue weighted by Gasteiger charge is -2.36. The van der Waals surface area contributed by atoms with E-state index < -0.39 is 6.10 Å². The van der Waals surface area contributed by atoms with Crippen LogP contribution >= 0.6 is 0 Å². The van der Waals surface area contributed by atoms with Gasteiger partial charge in [0.1, 0.15) is 12.4 Å². The molecule has 1 amide bonds. The van der Waals surface area contributed by atoms with Crippen LogP contribution in [0, 0.1) is 0 Å². The van der Waals surface area contributed by atoms with E-state index in [0.717, 1.165) is 11.4 Å². The fourth-order valence-electron chi connectivity index (χ4n) is 3.37. The van der Waals surface area contributed by atoms with Gasteiger partial charge in [-0.1, -0.05) is 35.5 Å². The largest absolute Gasteiger partial charge is 0.372 e. The maximum Gasteiger partial charge on any atom is 0.251 e. The highest BCUT2D eigenvalue weighted by atomic mass is 16.5. The summed E-state index contributed by atoms with van der Waals surface area (Å²) < 4.78 is 6.93. The molecule has 1 aliphatic rings. The van der Waals surface area contributed by atoms with Gasteiger partial charge in [-0.3, -0.25) is 4.79 Å². The summed E-state index contributed by atoms with van der Waals surface area (Å²) in [6.07, 6.45) is 1.13. The van der Waals surface area contributed by atoms with E-state index in [1.54, 1.807) is 25.0 Å². The van der Waals surface area contributed by atoms with Gasteiger partial charge in [0.15, 0.2) is 17.0 Å². The van der Waals surface area contributed by atoms with Crippen molar-refractivity contribution in [3.63, 3.8) is 0 Å². The van der Waals surface area contributed by atoms with Crippen molar-refractivity contribution >= 4 is 22.9 Å². The van der Waals surface area contributed by atoms with Gasteiger partial charge >= 0.3 is 0 Å². The van der Waals surface area contributed by atoms with Crippen molar-refractivity contribution in [2.24, 2.45) is 0 Å². The van der Waals surface area contributed by atoms with E-state index in [1.807, 2.05) is 35.2 Å². The zero-order chi connectivity index (χ0) is 19.5. The number of aromatic nitrogens is 5. The van der Waals surface area contributed by atoms with Gasteiger partial charge in [0.05, 0.1) is 6.54 Å². The molecule has 0 saturated carbocycles. The smallest absolute Gasteiger partial charge is 0.251 e. The minimum absolute atomic E-state index is 0.0174. The van der Waals surface area contributed by atoms with Crippen LogP contribution in [-0.4, -0.2) is 75.2 Å². The van der Waals surface area contributed by atoms with Crippen LogP contribution in [0.2, 0.25) is 0 Å². The van der Waals surface area contributed by atoms with Crippen LogP contribution in [0.15, 0.2) is 36.7 Å². The van der Waals surface area contributed by atoms with Crippen molar-refractivity contribution in [3.8, 4) is 0 Å². The third kappa shape index (κ3) is 3.53. The molecule has 1 unspecified atom stereocenters. The van der Waals surface area contributed by atoms with Gasteiger partial charge in [-0.05, 0) is 12.5 Å². The van der Waals surface area contributed by atoms with E-state index in [1.165, 1.54) is 0 Å². The number of carbonyl (C=O) groups is 1. The SMILES string of the molecule is COC(C)C(=O)N1CCN(c2ncnc3c2nnn3Cc2ccccc2)CC1. The monoisotopic (exact) mass is 381 g/mol. The van der Waals surface area contributed by atoms with Crippen LogP contribution in [-0.2, 0) is 16.1 Å². The van der Waals surface area contributed by atoms with Crippen LogP contribution < -0.4 is 4.90 Å². The van der Waals surface area contributed by atoms with Crippen molar-refractivity contribution in [2.75, 3.05) is 38.2 Å². The van der Waals surface area contributed by atoms with Gasteiger partial charge in [-0.15, -0.1) is 5.10 Å². The van der Waals surface area contributed by atoms with Gasteiger partial charge in [0.25, 0.3) is 5.91 Å². The molecule has 1 saturated heterocycles. The summed E-state index contributed by atoms with van der Waals surface area (Å²) in [6, 6.07) is 10.1. The number of hydrogen-bond donors (Lipinski definition) is 0. The summed E-state index contributed by atoms with van der Waals surface area (Å²) in [6.45, 7) is 4.98. The Labute approximate surface area is 162 Å². The van der Waals surface area contributed by atoms with Crippen molar-refractivity contribution in [1.82, 2.24) is 29.9 Å². The zero-order valence-corrected chi connectivity index (χ0v) is 16.0. The van der Waals surface area contributed by atoms with Crippen LogP contribution in [0.3, 0.4) is 0 Å². The summed E-state index contributed by atoms with van der Waals surface area (Å²) in [7, 11) is 1.55. The Morgan fingerprint density at radius 3 is 2.61 bits per heavy atom. The third-order valence-electron chi connectivity index (χ3n) is 5.05. The zero-order valence-electron chi connectivity index (χ0n) is 16.0. The number of ether oxygens (including phenoxy) is 1. The Hall–Kier alpha value is -3.07. The van der Waals surface area contributed by atoms with Crippen molar-refractivity contribution < 1.29 is 9.53 Å². The average molecular weight is 381 g/mol. The fraction of sp³-hybridized carbons (Fsp3) is 0.421. The molecule has 4 rings (SSSR count). The summed E-state index contributed by atoms with van der Waals surface area (Å²) in [5, 5.41) is 8.61. The van der Waals surface area contributed by atoms with Crippen molar-refractivity contribution in [2.45, 2.75) is 19.6 Å². The summed E-state index contributed by atoms with van der Waals surface area (Å²) in [5.41, 5.74) is 2.53. The first kappa shape index (κ1) is 18.3. The summed E-state index contributed by atoms with van der Waals surface area (Å²) >= 11 is 0. The standard InChI is InChI=1S/C19H23N7O2/c1-14(28-2)19(27)25-10-8-24(9-11-25)17-16-18(21-13-20-17)26(23-22-16)12-15-6-4-3-5-7-15/h3-7,13-14H,8-12H2,1-2H3. The first-order valence-electron chi connectivity index (χ1n) is 9.32. The van der Waals surface area contributed by atoms with Crippen LogP contribution in [0.4, 0.5) is 5.82 Å². The Balaban J connectivity index is 1.52. The number of methoxy groups -OCH3 is 1. The highest BCUT2D eigenvalue weighted by Gasteiger charge is 2.27. The molecule has 1 atom stereocenters. The van der Waals surface area contributed by atoms with Gasteiger partial charge in [-0.25, -0.2) is 14.6 Å². The molecule has 2 aromatic heterocycles. The van der Waals surface area contributed by atoms with Crippen molar-refractivity contribution in [3.05, 3.63) is 42.2 Å². The number of benzene rings is 1. The molecule has 1 aliphatic heterocycles. The second-order valence-corrected chi connectivity index (χ2v) is 6.79. The molecule has 0 aliphatic carbocycles. The number of hydrogen-bond acceptors (Lipinski definition) is 7. The van der Waals surface area contributed by atoms with Crippen LogP contribution in [0.25, 0.3) is 11.2 Å². The summed E-state index contributed by atoms with van der Waals surface area (Å²) in [5.74, 6) is 0.778. The van der Waals surface area contributed by atoms with Crippen LogP contribution in [0.5, 0.6) is 0 Å². The third-order valence-corrected chi connectivity index (χ3v) is 5.05. The Morgan fingerprint density at radius 2 is 1.89 bits per heavy atom. The fourth-order valence-corrected chi connectivity index (χ4v) is 3.37. The Bertz CT molecular complexity index is 951. The number of nitrogens with zero attached hydrogens (tertiary/aromatic N) is 7. The Morgan fingerprint density at radius 1 is 1.14 bits per heavy atom. The molecule has 3 aromatic rings. The van der Waals surface area contributed by atoms with E-state index in [4.69, 9.17) is 4.74 Å². The van der Waals surface area contributed by atoms with Gasteiger partial charge < -0.3 is 14.5 Å². The lowest BCUT2D eigenvalue weighted by atomic mass is 10.2. The molecule has 28 heavy (non-hydrogen) atoms. The number of anilines is 1. The quantitative estimate of drug-likeness (QED) is 0.650. The van der Waals surface area contributed by atoms with Crippen molar-refractivity contribution in [1.29, 1.82) is 0 Å². The van der Waals surface area contributed by atoms with E-state index in [9.17, 15) is 4.79 Å². The van der Waals surface area contributed by atoms with Gasteiger partial charge in [0, 0.05) is 33.3 Å². The number of amides is 1. The maximum atomic E-state index is 12.3. The summed E-state index contributed by atoms with van der Waals surface area (Å²) in [4.78, 5) is 25.1. The highest BCUT2D eigenvalue weighted by Crippen LogP contribution is 2.22. The molecule has 1 aromatic carbocycles. The molecule has 9 heteroatoms. The average Bonchev–Trinajstić information content (AvgIpc) is 3.16. The second kappa shape index (κ2) is 7.89. The minimum Gasteiger partial charge on any atom is -0.372 e. The molecule has 3 heterocycles. The minimum atomic E-state index is -0.421. The van der Waals surface area contributed by atoms with Crippen LogP contribution in [0.1, 0.15) is 12.5 Å². The Kier molecular flexibility index (Phi) is 5.16. The number of carbonyl (C=O) groups excluding carboxylic acids is 1. The highest BCUT2D eigenvalue weighted by molar-refractivity contribution is 5.83. The number of fused-ring (bicyclic) bond motifs is 1. The molecular formula is C19H23N7O2. The molecule has 1 fully saturated rings. The normalized spacial score (nSPS) is 15.8. The predicted octanol–water partition coefficient (Wildman–Crippen LogP) is 0.953.